The average molecular weight is 296 g/mol. The van der Waals surface area contributed by atoms with Crippen LogP contribution in [0, 0.1) is 10.1 Å². The Morgan fingerprint density at radius 2 is 2.21 bits per heavy atom. The highest BCUT2D eigenvalue weighted by molar-refractivity contribution is 7.98. The lowest BCUT2D eigenvalue weighted by molar-refractivity contribution is -0.384. The van der Waals surface area contributed by atoms with Crippen LogP contribution in [0.15, 0.2) is 41.6 Å². The van der Waals surface area contributed by atoms with Crippen LogP contribution in [0.25, 0.3) is 0 Å². The second-order valence-electron chi connectivity index (χ2n) is 3.72. The van der Waals surface area contributed by atoms with Crippen molar-refractivity contribution in [1.29, 1.82) is 0 Å². The number of thioether (sulfide) groups is 1. The molecule has 2 aromatic rings. The first kappa shape index (κ1) is 13.6. The Labute approximate surface area is 118 Å². The molecule has 0 bridgehead atoms. The monoisotopic (exact) mass is 295 g/mol. The minimum absolute atomic E-state index is 0.0175. The zero-order valence-electron chi connectivity index (χ0n) is 9.75. The molecule has 0 spiro atoms. The smallest absolute Gasteiger partial charge is 0.270 e. The number of aromatic nitrogens is 1. The van der Waals surface area contributed by atoms with E-state index in [4.69, 9.17) is 17.3 Å². The molecule has 0 aliphatic carbocycles. The van der Waals surface area contributed by atoms with Gasteiger partial charge >= 0.3 is 0 Å². The van der Waals surface area contributed by atoms with Crippen molar-refractivity contribution in [1.82, 2.24) is 4.98 Å². The van der Waals surface area contributed by atoms with Crippen molar-refractivity contribution in [2.24, 2.45) is 0 Å². The van der Waals surface area contributed by atoms with E-state index in [9.17, 15) is 10.1 Å². The summed E-state index contributed by atoms with van der Waals surface area (Å²) in [4.78, 5) is 14.3. The zero-order valence-corrected chi connectivity index (χ0v) is 11.3. The molecular formula is C12H10ClN3O2S. The Hall–Kier alpha value is -1.79. The maximum atomic E-state index is 10.6. The van der Waals surface area contributed by atoms with Gasteiger partial charge in [-0.1, -0.05) is 23.4 Å². The number of halogens is 1. The number of hydrogen-bond acceptors (Lipinski definition) is 5. The summed E-state index contributed by atoms with van der Waals surface area (Å²) < 4.78 is 0. The maximum absolute atomic E-state index is 10.6. The van der Waals surface area contributed by atoms with Crippen molar-refractivity contribution in [3.63, 3.8) is 0 Å². The van der Waals surface area contributed by atoms with Gasteiger partial charge in [0.25, 0.3) is 5.69 Å². The van der Waals surface area contributed by atoms with Crippen LogP contribution in [0.1, 0.15) is 5.56 Å². The third-order valence-corrected chi connectivity index (χ3v) is 3.83. The molecule has 0 radical (unpaired) electrons. The molecule has 2 N–H and O–H groups in total. The zero-order chi connectivity index (χ0) is 13.8. The van der Waals surface area contributed by atoms with Gasteiger partial charge in [0.05, 0.1) is 15.6 Å². The highest BCUT2D eigenvalue weighted by atomic mass is 35.5. The van der Waals surface area contributed by atoms with Gasteiger partial charge in [0.1, 0.15) is 5.03 Å². The van der Waals surface area contributed by atoms with Crippen molar-refractivity contribution in [2.45, 2.75) is 10.8 Å². The number of anilines is 1. The summed E-state index contributed by atoms with van der Waals surface area (Å²) in [5.74, 6) is 0.554. The van der Waals surface area contributed by atoms with Crippen LogP contribution in [-0.2, 0) is 5.75 Å². The quantitative estimate of drug-likeness (QED) is 0.530. The van der Waals surface area contributed by atoms with Crippen molar-refractivity contribution >= 4 is 34.7 Å². The van der Waals surface area contributed by atoms with E-state index in [0.29, 0.717) is 16.5 Å². The maximum Gasteiger partial charge on any atom is 0.270 e. The topological polar surface area (TPSA) is 82.0 Å². The number of nitro benzene ring substituents is 1. The van der Waals surface area contributed by atoms with Crippen molar-refractivity contribution in [2.75, 3.05) is 5.73 Å². The van der Waals surface area contributed by atoms with Gasteiger partial charge in [-0.3, -0.25) is 10.1 Å². The molecule has 1 aromatic heterocycles. The van der Waals surface area contributed by atoms with Gasteiger partial charge in [0.15, 0.2) is 0 Å². The Balaban J connectivity index is 2.12. The second-order valence-corrected chi connectivity index (χ2v) is 5.09. The number of rotatable bonds is 4. The van der Waals surface area contributed by atoms with Gasteiger partial charge in [-0.15, -0.1) is 0 Å². The number of nitrogen functional groups attached to an aromatic ring is 1. The Morgan fingerprint density at radius 1 is 1.42 bits per heavy atom. The van der Waals surface area contributed by atoms with Gasteiger partial charge in [0.2, 0.25) is 0 Å². The molecule has 0 saturated heterocycles. The first-order valence-electron chi connectivity index (χ1n) is 5.34. The van der Waals surface area contributed by atoms with Crippen molar-refractivity contribution in [3.8, 4) is 0 Å². The minimum atomic E-state index is -0.473. The van der Waals surface area contributed by atoms with E-state index in [0.717, 1.165) is 10.6 Å². The normalized spacial score (nSPS) is 10.4. The summed E-state index contributed by atoms with van der Waals surface area (Å²) >= 11 is 7.45. The van der Waals surface area contributed by atoms with E-state index in [1.165, 1.54) is 23.9 Å². The molecule has 0 fully saturated rings. The Morgan fingerprint density at radius 3 is 2.84 bits per heavy atom. The van der Waals surface area contributed by atoms with Crippen LogP contribution >= 0.6 is 23.4 Å². The summed E-state index contributed by atoms with van der Waals surface area (Å²) in [7, 11) is 0. The van der Waals surface area contributed by atoms with E-state index in [2.05, 4.69) is 4.98 Å². The predicted octanol–water partition coefficient (Wildman–Crippen LogP) is 3.52. The molecule has 0 aliphatic rings. The molecular weight excluding hydrogens is 286 g/mol. The molecule has 5 nitrogen and oxygen atoms in total. The predicted molar refractivity (Wildman–Crippen MR) is 76.3 cm³/mol. The molecule has 0 saturated carbocycles. The minimum Gasteiger partial charge on any atom is -0.397 e. The van der Waals surface area contributed by atoms with Gasteiger partial charge in [-0.05, 0) is 23.8 Å². The SMILES string of the molecule is Nc1cccnc1SCc1ccc([N+](=O)[O-])cc1Cl. The Bertz CT molecular complexity index is 622. The molecule has 0 unspecified atom stereocenters. The lowest BCUT2D eigenvalue weighted by atomic mass is 10.2. The molecule has 1 aromatic carbocycles. The van der Waals surface area contributed by atoms with Crippen LogP contribution < -0.4 is 5.73 Å². The van der Waals surface area contributed by atoms with Crippen molar-refractivity contribution in [3.05, 3.63) is 57.2 Å². The van der Waals surface area contributed by atoms with E-state index in [1.807, 2.05) is 0 Å². The third kappa shape index (κ3) is 3.36. The lowest BCUT2D eigenvalue weighted by Crippen LogP contribution is -1.93. The van der Waals surface area contributed by atoms with E-state index >= 15 is 0 Å². The molecule has 0 amide bonds. The van der Waals surface area contributed by atoms with Crippen LogP contribution in [0.2, 0.25) is 5.02 Å². The van der Waals surface area contributed by atoms with Gasteiger partial charge in [0, 0.05) is 24.1 Å². The van der Waals surface area contributed by atoms with Gasteiger partial charge in [-0.25, -0.2) is 4.98 Å². The summed E-state index contributed by atoms with van der Waals surface area (Å²) in [6.07, 6.45) is 1.66. The van der Waals surface area contributed by atoms with E-state index < -0.39 is 4.92 Å². The number of hydrogen-bond donors (Lipinski definition) is 1. The second kappa shape index (κ2) is 5.90. The van der Waals surface area contributed by atoms with Gasteiger partial charge < -0.3 is 5.73 Å². The largest absolute Gasteiger partial charge is 0.397 e. The first-order valence-corrected chi connectivity index (χ1v) is 6.70. The van der Waals surface area contributed by atoms with Crippen LogP contribution in [0.4, 0.5) is 11.4 Å². The van der Waals surface area contributed by atoms with Crippen LogP contribution in [-0.4, -0.2) is 9.91 Å². The molecule has 2 rings (SSSR count). The summed E-state index contributed by atoms with van der Waals surface area (Å²) in [5, 5.41) is 11.7. The standard InChI is InChI=1S/C12H10ClN3O2S/c13-10-6-9(16(17)18)4-3-8(10)7-19-12-11(14)2-1-5-15-12/h1-6H,7,14H2. The number of pyridine rings is 1. The van der Waals surface area contributed by atoms with Crippen LogP contribution in [0.3, 0.4) is 0 Å². The highest BCUT2D eigenvalue weighted by Crippen LogP contribution is 2.30. The van der Waals surface area contributed by atoms with Crippen molar-refractivity contribution < 1.29 is 4.92 Å². The number of benzene rings is 1. The van der Waals surface area contributed by atoms with E-state index in [-0.39, 0.29) is 5.69 Å². The molecule has 1 heterocycles. The molecule has 0 atom stereocenters. The number of nitrogens with zero attached hydrogens (tertiary/aromatic N) is 2. The van der Waals surface area contributed by atoms with Crippen LogP contribution in [0.5, 0.6) is 0 Å². The number of nitro groups is 1. The summed E-state index contributed by atoms with van der Waals surface area (Å²) in [6, 6.07) is 7.96. The molecule has 0 aliphatic heterocycles. The Kier molecular flexibility index (Phi) is 4.24. The number of non-ortho nitro benzene ring substituents is 1. The fraction of sp³-hybridized carbons (Fsp3) is 0.0833. The summed E-state index contributed by atoms with van der Waals surface area (Å²) in [6.45, 7) is 0. The number of nitrogens with two attached hydrogens (primary N) is 1. The van der Waals surface area contributed by atoms with Gasteiger partial charge in [-0.2, -0.15) is 0 Å². The average Bonchev–Trinajstić information content (AvgIpc) is 2.39. The molecule has 19 heavy (non-hydrogen) atoms. The summed E-state index contributed by atoms with van der Waals surface area (Å²) in [5.41, 5.74) is 7.17. The fourth-order valence-corrected chi connectivity index (χ4v) is 2.67. The lowest BCUT2D eigenvalue weighted by Gasteiger charge is -2.05. The fourth-order valence-electron chi connectivity index (χ4n) is 1.44. The highest BCUT2D eigenvalue weighted by Gasteiger charge is 2.10. The molecule has 98 valence electrons. The first-order chi connectivity index (χ1) is 9.08. The third-order valence-electron chi connectivity index (χ3n) is 2.41. The van der Waals surface area contributed by atoms with E-state index in [1.54, 1.807) is 24.4 Å². The molecule has 7 heteroatoms.